The Kier molecular flexibility index (Phi) is 6.78. The Morgan fingerprint density at radius 1 is 1.14 bits per heavy atom. The molecule has 0 amide bonds. The van der Waals surface area contributed by atoms with E-state index in [0.29, 0.717) is 24.6 Å². The van der Waals surface area contributed by atoms with Gasteiger partial charge in [0.25, 0.3) is 0 Å². The van der Waals surface area contributed by atoms with Crippen molar-refractivity contribution >= 4 is 5.96 Å². The second kappa shape index (κ2) is 9.68. The second-order valence-electron chi connectivity index (χ2n) is 6.40. The van der Waals surface area contributed by atoms with Gasteiger partial charge in [0.2, 0.25) is 0 Å². The van der Waals surface area contributed by atoms with Gasteiger partial charge in [-0.05, 0) is 25.1 Å². The summed E-state index contributed by atoms with van der Waals surface area (Å²) in [5, 5.41) is 10.7. The Hall–Kier alpha value is -3.42. The van der Waals surface area contributed by atoms with Crippen LogP contribution in [0.4, 0.5) is 8.78 Å². The van der Waals surface area contributed by atoms with E-state index in [1.165, 1.54) is 0 Å². The van der Waals surface area contributed by atoms with Crippen molar-refractivity contribution in [1.82, 2.24) is 20.4 Å². The first-order valence-corrected chi connectivity index (χ1v) is 9.13. The van der Waals surface area contributed by atoms with E-state index in [-0.39, 0.29) is 5.75 Å². The van der Waals surface area contributed by atoms with Gasteiger partial charge in [0.15, 0.2) is 5.96 Å². The van der Waals surface area contributed by atoms with Gasteiger partial charge in [0.05, 0.1) is 11.9 Å². The molecule has 0 atom stereocenters. The lowest BCUT2D eigenvalue weighted by atomic mass is 10.1. The van der Waals surface area contributed by atoms with Crippen LogP contribution >= 0.6 is 0 Å². The molecule has 2 aromatic carbocycles. The predicted molar refractivity (Wildman–Crippen MR) is 108 cm³/mol. The number of aliphatic imine (C=N–C) groups is 1. The number of alkyl halides is 2. The molecule has 8 heteroatoms. The number of guanidine groups is 1. The van der Waals surface area contributed by atoms with E-state index in [4.69, 9.17) is 0 Å². The number of aromatic nitrogens is 2. The van der Waals surface area contributed by atoms with E-state index >= 15 is 0 Å². The maximum Gasteiger partial charge on any atom is 0.387 e. The van der Waals surface area contributed by atoms with Gasteiger partial charge in [-0.1, -0.05) is 35.9 Å². The van der Waals surface area contributed by atoms with Crippen LogP contribution in [-0.2, 0) is 13.1 Å². The lowest BCUT2D eigenvalue weighted by Gasteiger charge is -2.15. The maximum absolute atomic E-state index is 12.6. The molecule has 1 aromatic heterocycles. The van der Waals surface area contributed by atoms with Gasteiger partial charge >= 0.3 is 6.61 Å². The summed E-state index contributed by atoms with van der Waals surface area (Å²) in [5.41, 5.74) is 3.55. The van der Waals surface area contributed by atoms with Crippen LogP contribution in [0.25, 0.3) is 5.69 Å². The summed E-state index contributed by atoms with van der Waals surface area (Å²) < 4.78 is 31.6. The number of ether oxygens (including phenoxy) is 1. The van der Waals surface area contributed by atoms with Crippen LogP contribution in [0.3, 0.4) is 0 Å². The van der Waals surface area contributed by atoms with Crippen LogP contribution in [0.15, 0.2) is 65.9 Å². The summed E-state index contributed by atoms with van der Waals surface area (Å²) in [6.07, 6.45) is 3.72. The Balaban J connectivity index is 1.58. The van der Waals surface area contributed by atoms with Crippen molar-refractivity contribution in [3.8, 4) is 11.4 Å². The number of benzene rings is 2. The number of nitrogens with one attached hydrogen (secondary N) is 2. The molecule has 6 nitrogen and oxygen atoms in total. The van der Waals surface area contributed by atoms with Crippen molar-refractivity contribution in [2.45, 2.75) is 26.6 Å². The van der Waals surface area contributed by atoms with Gasteiger partial charge in [-0.25, -0.2) is 4.68 Å². The minimum atomic E-state index is -2.87. The van der Waals surface area contributed by atoms with Gasteiger partial charge in [0.1, 0.15) is 5.75 Å². The average Bonchev–Trinajstić information content (AvgIpc) is 3.19. The van der Waals surface area contributed by atoms with Crippen LogP contribution in [0, 0.1) is 6.92 Å². The molecular formula is C21H23F2N5O. The molecule has 0 aliphatic rings. The topological polar surface area (TPSA) is 63.5 Å². The van der Waals surface area contributed by atoms with E-state index in [1.54, 1.807) is 30.1 Å². The molecule has 0 spiro atoms. The molecule has 3 rings (SSSR count). The molecule has 2 N–H and O–H groups in total. The van der Waals surface area contributed by atoms with Crippen molar-refractivity contribution in [2.24, 2.45) is 4.99 Å². The summed E-state index contributed by atoms with van der Waals surface area (Å²) in [4.78, 5) is 4.17. The minimum absolute atomic E-state index is 0.151. The summed E-state index contributed by atoms with van der Waals surface area (Å²) in [6.45, 7) is -0.157. The fourth-order valence-electron chi connectivity index (χ4n) is 2.82. The Morgan fingerprint density at radius 3 is 2.62 bits per heavy atom. The quantitative estimate of drug-likeness (QED) is 0.470. The summed E-state index contributed by atoms with van der Waals surface area (Å²) in [6, 6.07) is 14.9. The highest BCUT2D eigenvalue weighted by molar-refractivity contribution is 5.79. The van der Waals surface area contributed by atoms with Crippen molar-refractivity contribution in [1.29, 1.82) is 0 Å². The van der Waals surface area contributed by atoms with E-state index in [2.05, 4.69) is 25.5 Å². The second-order valence-corrected chi connectivity index (χ2v) is 6.40. The molecule has 0 bridgehead atoms. The molecule has 0 saturated carbocycles. The van der Waals surface area contributed by atoms with Gasteiger partial charge < -0.3 is 15.4 Å². The zero-order valence-corrected chi connectivity index (χ0v) is 16.3. The normalized spacial score (nSPS) is 11.6. The number of aryl methyl sites for hydroxylation is 1. The third-order valence-electron chi connectivity index (χ3n) is 4.22. The molecule has 0 aliphatic carbocycles. The molecule has 0 aliphatic heterocycles. The van der Waals surface area contributed by atoms with Gasteiger partial charge in [-0.3, -0.25) is 4.99 Å². The third-order valence-corrected chi connectivity index (χ3v) is 4.22. The molecule has 0 fully saturated rings. The average molecular weight is 399 g/mol. The first-order chi connectivity index (χ1) is 14.0. The fourth-order valence-corrected chi connectivity index (χ4v) is 2.82. The van der Waals surface area contributed by atoms with E-state index in [9.17, 15) is 8.78 Å². The monoisotopic (exact) mass is 399 g/mol. The van der Waals surface area contributed by atoms with Crippen LogP contribution in [0.5, 0.6) is 5.75 Å². The van der Waals surface area contributed by atoms with Gasteiger partial charge in [-0.15, -0.1) is 0 Å². The molecule has 29 heavy (non-hydrogen) atoms. The number of para-hydroxylation sites is 1. The Labute approximate surface area is 168 Å². The molecule has 3 aromatic rings. The molecule has 152 valence electrons. The van der Waals surface area contributed by atoms with E-state index in [0.717, 1.165) is 16.8 Å². The zero-order valence-electron chi connectivity index (χ0n) is 16.3. The van der Waals surface area contributed by atoms with Crippen LogP contribution in [-0.4, -0.2) is 29.4 Å². The number of hydrogen-bond acceptors (Lipinski definition) is 3. The van der Waals surface area contributed by atoms with Crippen molar-refractivity contribution in [3.63, 3.8) is 0 Å². The minimum Gasteiger partial charge on any atom is -0.434 e. The Bertz CT molecular complexity index is 957. The molecule has 0 radical (unpaired) electrons. The highest BCUT2D eigenvalue weighted by Crippen LogP contribution is 2.22. The molecule has 1 heterocycles. The predicted octanol–water partition coefficient (Wildman–Crippen LogP) is 3.65. The fraction of sp³-hybridized carbons (Fsp3) is 0.238. The standard InChI is InChI=1S/C21H23F2N5O/c1-15-8-9-19(29-20(22)23)17(10-15)13-26-21(24-2)25-11-16-12-27-28(14-16)18-6-4-3-5-7-18/h3-10,12,14,20H,11,13H2,1-2H3,(H2,24,25,26). The molecule has 0 unspecified atom stereocenters. The van der Waals surface area contributed by atoms with Crippen molar-refractivity contribution in [3.05, 3.63) is 77.6 Å². The summed E-state index contributed by atoms with van der Waals surface area (Å²) >= 11 is 0. The van der Waals surface area contributed by atoms with E-state index in [1.807, 2.05) is 49.5 Å². The number of nitrogens with zero attached hydrogens (tertiary/aromatic N) is 3. The highest BCUT2D eigenvalue weighted by atomic mass is 19.3. The number of hydrogen-bond donors (Lipinski definition) is 2. The lowest BCUT2D eigenvalue weighted by molar-refractivity contribution is -0.0504. The van der Waals surface area contributed by atoms with Crippen LogP contribution in [0.1, 0.15) is 16.7 Å². The molecule has 0 saturated heterocycles. The SMILES string of the molecule is CN=C(NCc1cnn(-c2ccccc2)c1)NCc1cc(C)ccc1OC(F)F. The molecular weight excluding hydrogens is 376 g/mol. The summed E-state index contributed by atoms with van der Waals surface area (Å²) in [5.74, 6) is 0.694. The van der Waals surface area contributed by atoms with Crippen molar-refractivity contribution < 1.29 is 13.5 Å². The first-order valence-electron chi connectivity index (χ1n) is 9.13. The van der Waals surface area contributed by atoms with Gasteiger partial charge in [0, 0.05) is 37.5 Å². The number of rotatable bonds is 7. The summed E-state index contributed by atoms with van der Waals surface area (Å²) in [7, 11) is 1.65. The van der Waals surface area contributed by atoms with Crippen LogP contribution < -0.4 is 15.4 Å². The largest absolute Gasteiger partial charge is 0.434 e. The zero-order chi connectivity index (χ0) is 20.6. The lowest BCUT2D eigenvalue weighted by Crippen LogP contribution is -2.36. The third kappa shape index (κ3) is 5.78. The van der Waals surface area contributed by atoms with Crippen molar-refractivity contribution in [2.75, 3.05) is 7.05 Å². The highest BCUT2D eigenvalue weighted by Gasteiger charge is 2.11. The Morgan fingerprint density at radius 2 is 1.90 bits per heavy atom. The smallest absolute Gasteiger partial charge is 0.387 e. The van der Waals surface area contributed by atoms with E-state index < -0.39 is 6.61 Å². The first kappa shape index (κ1) is 20.3. The van der Waals surface area contributed by atoms with Crippen LogP contribution in [0.2, 0.25) is 0 Å². The van der Waals surface area contributed by atoms with Gasteiger partial charge in [-0.2, -0.15) is 13.9 Å². The maximum atomic E-state index is 12.6. The number of halogens is 2.